The first-order valence-electron chi connectivity index (χ1n) is 9.11. The minimum Gasteiger partial charge on any atom is -0.545 e. The minimum absolute atomic E-state index is 0. The Labute approximate surface area is 199 Å². The van der Waals surface area contributed by atoms with Crippen LogP contribution in [0.15, 0.2) is 71.6 Å². The Hall–Kier alpha value is -2.58. The molecule has 148 valence electrons. The zero-order valence-corrected chi connectivity index (χ0v) is 19.2. The molecule has 0 N–H and O–H groups in total. The first-order valence-corrected chi connectivity index (χ1v) is 10.8. The van der Waals surface area contributed by atoms with Crippen LogP contribution in [0.5, 0.6) is 0 Å². The van der Waals surface area contributed by atoms with Crippen LogP contribution in [-0.2, 0) is 15.6 Å². The normalized spacial score (nSPS) is 13.7. The van der Waals surface area contributed by atoms with Crippen LogP contribution >= 0.6 is 0 Å². The summed E-state index contributed by atoms with van der Waals surface area (Å²) in [6.45, 7) is 0. The van der Waals surface area contributed by atoms with Crippen LogP contribution in [0.2, 0.25) is 0 Å². The van der Waals surface area contributed by atoms with Crippen molar-refractivity contribution in [3.8, 4) is 22.4 Å². The third kappa shape index (κ3) is 3.57. The first kappa shape index (κ1) is 21.6. The topological polar surface area (TPSA) is 87.2 Å². The number of pyridine rings is 1. The molecule has 5 rings (SSSR count). The van der Waals surface area contributed by atoms with E-state index in [-0.39, 0.29) is 62.2 Å². The zero-order chi connectivity index (χ0) is 21.0. The number of fused-ring (bicyclic) bond motifs is 4. The van der Waals surface area contributed by atoms with Gasteiger partial charge in [-0.15, -0.1) is 0 Å². The predicted octanol–water partition coefficient (Wildman–Crippen LogP) is 0.363. The fourth-order valence-corrected chi connectivity index (χ4v) is 5.55. The molecule has 1 aromatic heterocycles. The number of sulfone groups is 1. The molecule has 4 aromatic rings. The summed E-state index contributed by atoms with van der Waals surface area (Å²) in [5.74, 6) is -2.75. The Balaban J connectivity index is 0.00000231. The van der Waals surface area contributed by atoms with Crippen molar-refractivity contribution in [2.45, 2.75) is 10.6 Å². The van der Waals surface area contributed by atoms with E-state index in [4.69, 9.17) is 0 Å². The molecule has 0 atom stereocenters. The van der Waals surface area contributed by atoms with Gasteiger partial charge in [0.05, 0.1) is 27.8 Å². The van der Waals surface area contributed by atoms with E-state index in [2.05, 4.69) is 4.98 Å². The van der Waals surface area contributed by atoms with E-state index in [1.54, 1.807) is 18.2 Å². The third-order valence-corrected chi connectivity index (χ3v) is 6.94. The summed E-state index contributed by atoms with van der Waals surface area (Å²) in [5, 5.41) is 11.9. The second-order valence-corrected chi connectivity index (χ2v) is 9.06. The second kappa shape index (κ2) is 7.84. The zero-order valence-electron chi connectivity index (χ0n) is 16.4. The van der Waals surface area contributed by atoms with Crippen LogP contribution < -0.4 is 34.7 Å². The number of aromatic carboxylic acids is 1. The maximum atomic E-state index is 13.7. The van der Waals surface area contributed by atoms with Crippen LogP contribution in [0.25, 0.3) is 33.3 Å². The molecule has 31 heavy (non-hydrogen) atoms. The quantitative estimate of drug-likeness (QED) is 0.420. The number of halogens is 1. The van der Waals surface area contributed by atoms with Gasteiger partial charge in [-0.2, -0.15) is 0 Å². The van der Waals surface area contributed by atoms with Crippen molar-refractivity contribution in [1.82, 2.24) is 4.98 Å². The molecule has 8 heteroatoms. The number of carboxylic acid groups (broad SMARTS) is 1. The van der Waals surface area contributed by atoms with Crippen molar-refractivity contribution in [3.63, 3.8) is 0 Å². The largest absolute Gasteiger partial charge is 1.00 e. The molecular weight excluding hydrogens is 428 g/mol. The Kier molecular flexibility index (Phi) is 5.47. The van der Waals surface area contributed by atoms with Crippen molar-refractivity contribution < 1.29 is 52.3 Å². The molecular formula is C23H13FNNaO4S. The van der Waals surface area contributed by atoms with Gasteiger partial charge in [-0.3, -0.25) is 0 Å². The van der Waals surface area contributed by atoms with Gasteiger partial charge in [0, 0.05) is 22.1 Å². The number of carbonyl (C=O) groups is 1. The standard InChI is InChI=1S/C23H14FNO4S.Na/c24-15-7-9-19-17(11-15)21(23(26)27)18-12-30(28,29)20-10-14(13-4-2-1-3-5-13)6-8-16(20)22(18)25-19;/h1-11H,12H2,(H,26,27);/q;+1/p-1. The number of nitrogens with zero attached hydrogens (tertiary/aromatic N) is 1. The molecule has 0 bridgehead atoms. The van der Waals surface area contributed by atoms with Gasteiger partial charge in [0.2, 0.25) is 0 Å². The van der Waals surface area contributed by atoms with Crippen molar-refractivity contribution in [1.29, 1.82) is 0 Å². The second-order valence-electron chi connectivity index (χ2n) is 7.10. The molecule has 2 heterocycles. The number of benzene rings is 3. The summed E-state index contributed by atoms with van der Waals surface area (Å²) in [5.41, 5.74) is 2.11. The molecule has 5 nitrogen and oxygen atoms in total. The molecule has 0 radical (unpaired) electrons. The number of hydrogen-bond acceptors (Lipinski definition) is 5. The van der Waals surface area contributed by atoms with Gasteiger partial charge >= 0.3 is 29.6 Å². The van der Waals surface area contributed by atoms with Gasteiger partial charge in [0.25, 0.3) is 0 Å². The molecule has 1 aliphatic heterocycles. The van der Waals surface area contributed by atoms with Crippen LogP contribution in [0.3, 0.4) is 0 Å². The number of aromatic nitrogens is 1. The third-order valence-electron chi connectivity index (χ3n) is 5.27. The molecule has 0 amide bonds. The molecule has 0 fully saturated rings. The number of carbonyl (C=O) groups excluding carboxylic acids is 1. The van der Waals surface area contributed by atoms with Crippen molar-refractivity contribution in [3.05, 3.63) is 83.7 Å². The summed E-state index contributed by atoms with van der Waals surface area (Å²) in [4.78, 5) is 16.5. The SMILES string of the molecule is O=C([O-])c1c2c(nc3ccc(F)cc13)-c1ccc(-c3ccccc3)cc1S(=O)(=O)C2.[Na+]. The Bertz CT molecular complexity index is 1470. The predicted molar refractivity (Wildman–Crippen MR) is 108 cm³/mol. The minimum atomic E-state index is -3.85. The van der Waals surface area contributed by atoms with Gasteiger partial charge in [-0.1, -0.05) is 42.5 Å². The Morgan fingerprint density at radius 3 is 2.42 bits per heavy atom. The summed E-state index contributed by atoms with van der Waals surface area (Å²) in [6.07, 6.45) is 0. The molecule has 3 aromatic carbocycles. The monoisotopic (exact) mass is 441 g/mol. The Morgan fingerprint density at radius 2 is 1.71 bits per heavy atom. The van der Waals surface area contributed by atoms with E-state index in [1.807, 2.05) is 30.3 Å². The summed E-state index contributed by atoms with van der Waals surface area (Å²) >= 11 is 0. The summed E-state index contributed by atoms with van der Waals surface area (Å²) < 4.78 is 39.9. The molecule has 0 saturated heterocycles. The molecule has 1 aliphatic rings. The smallest absolute Gasteiger partial charge is 0.545 e. The van der Waals surface area contributed by atoms with E-state index in [1.165, 1.54) is 12.1 Å². The average Bonchev–Trinajstić information content (AvgIpc) is 2.72. The van der Waals surface area contributed by atoms with Crippen LogP contribution in [-0.4, -0.2) is 19.4 Å². The fraction of sp³-hybridized carbons (Fsp3) is 0.0435. The van der Waals surface area contributed by atoms with Crippen LogP contribution in [0, 0.1) is 5.82 Å². The van der Waals surface area contributed by atoms with Gasteiger partial charge in [0.1, 0.15) is 5.82 Å². The van der Waals surface area contributed by atoms with Gasteiger partial charge < -0.3 is 9.90 Å². The fourth-order valence-electron chi connectivity index (χ4n) is 3.92. The number of rotatable bonds is 2. The number of carboxylic acids is 1. The van der Waals surface area contributed by atoms with Crippen molar-refractivity contribution >= 4 is 26.7 Å². The molecule has 0 spiro atoms. The van der Waals surface area contributed by atoms with E-state index in [9.17, 15) is 22.7 Å². The van der Waals surface area contributed by atoms with Crippen molar-refractivity contribution in [2.24, 2.45) is 0 Å². The number of hydrogen-bond donors (Lipinski definition) is 0. The Morgan fingerprint density at radius 1 is 0.968 bits per heavy atom. The van der Waals surface area contributed by atoms with E-state index >= 15 is 0 Å². The van der Waals surface area contributed by atoms with Crippen LogP contribution in [0.1, 0.15) is 15.9 Å². The first-order chi connectivity index (χ1) is 14.3. The van der Waals surface area contributed by atoms with Gasteiger partial charge in [-0.25, -0.2) is 17.8 Å². The van der Waals surface area contributed by atoms with E-state index < -0.39 is 27.4 Å². The molecule has 0 saturated carbocycles. The summed E-state index contributed by atoms with van der Waals surface area (Å²) in [7, 11) is -3.85. The van der Waals surface area contributed by atoms with Gasteiger partial charge in [0.15, 0.2) is 9.84 Å². The van der Waals surface area contributed by atoms with Crippen molar-refractivity contribution in [2.75, 3.05) is 0 Å². The molecule has 0 aliphatic carbocycles. The maximum absolute atomic E-state index is 13.7. The maximum Gasteiger partial charge on any atom is 1.00 e. The van der Waals surface area contributed by atoms with E-state index in [0.29, 0.717) is 5.56 Å². The average molecular weight is 441 g/mol. The van der Waals surface area contributed by atoms with Crippen LogP contribution in [0.4, 0.5) is 4.39 Å². The molecule has 0 unspecified atom stereocenters. The summed E-state index contributed by atoms with van der Waals surface area (Å²) in [6, 6.07) is 17.9. The van der Waals surface area contributed by atoms with Gasteiger partial charge in [-0.05, 0) is 35.4 Å². The van der Waals surface area contributed by atoms with E-state index in [0.717, 1.165) is 17.2 Å².